The molecule has 48 heavy (non-hydrogen) atoms. The standard InChI is InChI=1S/C47H30O/c1-3-14-35(15-4-1)47(36-16-5-2-6-17-36)41-21-8-7-18-39(41)46-37(19-11-22-42(46)47)32-26-24-31(25-27-32)34-28-29-43-40(30-34)38-20-9-12-33-13-10-23-44(48-43)45(33)38/h1-30H. The van der Waals surface area contributed by atoms with Crippen molar-refractivity contribution in [3.8, 4) is 56.0 Å². The minimum absolute atomic E-state index is 0.406. The number of hydrogen-bond acceptors (Lipinski definition) is 1. The van der Waals surface area contributed by atoms with Crippen LogP contribution in [0.3, 0.4) is 0 Å². The van der Waals surface area contributed by atoms with Crippen molar-refractivity contribution in [2.75, 3.05) is 0 Å². The molecule has 1 aliphatic carbocycles. The van der Waals surface area contributed by atoms with E-state index >= 15 is 0 Å². The maximum Gasteiger partial charge on any atom is 0.135 e. The van der Waals surface area contributed by atoms with Gasteiger partial charge in [-0.1, -0.05) is 164 Å². The van der Waals surface area contributed by atoms with Crippen LogP contribution in [0.1, 0.15) is 22.3 Å². The average molecular weight is 611 g/mol. The van der Waals surface area contributed by atoms with Crippen LogP contribution < -0.4 is 4.74 Å². The summed E-state index contributed by atoms with van der Waals surface area (Å²) in [5.74, 6) is 1.83. The second-order valence-electron chi connectivity index (χ2n) is 12.8. The number of fused-ring (bicyclic) bond motifs is 5. The summed E-state index contributed by atoms with van der Waals surface area (Å²) in [5.41, 5.74) is 14.6. The topological polar surface area (TPSA) is 9.23 Å². The Balaban J connectivity index is 1.11. The summed E-state index contributed by atoms with van der Waals surface area (Å²) in [6.07, 6.45) is 0. The molecule has 0 radical (unpaired) electrons. The van der Waals surface area contributed by atoms with Gasteiger partial charge in [0.05, 0.1) is 5.41 Å². The summed E-state index contributed by atoms with van der Waals surface area (Å²) < 4.78 is 6.37. The Bertz CT molecular complexity index is 2460. The molecule has 1 heteroatoms. The van der Waals surface area contributed by atoms with Crippen molar-refractivity contribution in [2.24, 2.45) is 0 Å². The van der Waals surface area contributed by atoms with E-state index in [0.717, 1.165) is 17.1 Å². The summed E-state index contributed by atoms with van der Waals surface area (Å²) in [6.45, 7) is 0. The van der Waals surface area contributed by atoms with Crippen molar-refractivity contribution in [2.45, 2.75) is 5.41 Å². The Morgan fingerprint density at radius 1 is 0.354 bits per heavy atom. The van der Waals surface area contributed by atoms with Crippen molar-refractivity contribution in [3.63, 3.8) is 0 Å². The highest BCUT2D eigenvalue weighted by Gasteiger charge is 2.46. The molecule has 224 valence electrons. The number of ether oxygens (including phenoxy) is 1. The van der Waals surface area contributed by atoms with Crippen LogP contribution in [0.4, 0.5) is 0 Å². The number of rotatable bonds is 4. The van der Waals surface area contributed by atoms with E-state index in [4.69, 9.17) is 4.74 Å². The molecular weight excluding hydrogens is 581 g/mol. The van der Waals surface area contributed by atoms with Crippen LogP contribution in [-0.4, -0.2) is 0 Å². The van der Waals surface area contributed by atoms with Gasteiger partial charge in [0.1, 0.15) is 11.5 Å². The maximum absolute atomic E-state index is 6.37. The lowest BCUT2D eigenvalue weighted by Gasteiger charge is -2.34. The lowest BCUT2D eigenvalue weighted by atomic mass is 9.67. The molecular formula is C47H30O. The highest BCUT2D eigenvalue weighted by atomic mass is 16.5. The van der Waals surface area contributed by atoms with Crippen molar-refractivity contribution in [1.82, 2.24) is 0 Å². The Morgan fingerprint density at radius 2 is 0.938 bits per heavy atom. The molecule has 1 aliphatic heterocycles. The van der Waals surface area contributed by atoms with Crippen LogP contribution >= 0.6 is 0 Å². The van der Waals surface area contributed by atoms with E-state index in [1.54, 1.807) is 0 Å². The van der Waals surface area contributed by atoms with Gasteiger partial charge in [-0.25, -0.2) is 0 Å². The lowest BCUT2D eigenvalue weighted by molar-refractivity contribution is 0.487. The van der Waals surface area contributed by atoms with Crippen molar-refractivity contribution < 1.29 is 4.74 Å². The second kappa shape index (κ2) is 10.4. The van der Waals surface area contributed by atoms with Crippen molar-refractivity contribution in [1.29, 1.82) is 0 Å². The molecule has 0 saturated carbocycles. The van der Waals surface area contributed by atoms with Crippen LogP contribution in [0.25, 0.3) is 55.3 Å². The van der Waals surface area contributed by atoms with Crippen LogP contribution in [0.5, 0.6) is 11.5 Å². The van der Waals surface area contributed by atoms with Crippen molar-refractivity contribution >= 4 is 10.8 Å². The van der Waals surface area contributed by atoms with E-state index in [9.17, 15) is 0 Å². The van der Waals surface area contributed by atoms with E-state index in [2.05, 4.69) is 182 Å². The van der Waals surface area contributed by atoms with Gasteiger partial charge in [0.25, 0.3) is 0 Å². The molecule has 0 saturated heterocycles. The Morgan fingerprint density at radius 3 is 1.71 bits per heavy atom. The van der Waals surface area contributed by atoms with Gasteiger partial charge in [-0.3, -0.25) is 0 Å². The largest absolute Gasteiger partial charge is 0.456 e. The summed E-state index contributed by atoms with van der Waals surface area (Å²) in [6, 6.07) is 66.2. The van der Waals surface area contributed by atoms with Gasteiger partial charge in [0.15, 0.2) is 0 Å². The molecule has 1 heterocycles. The highest BCUT2D eigenvalue weighted by Crippen LogP contribution is 2.58. The molecule has 0 unspecified atom stereocenters. The number of benzene rings is 8. The normalized spacial score (nSPS) is 13.3. The minimum Gasteiger partial charge on any atom is -0.456 e. The second-order valence-corrected chi connectivity index (χ2v) is 12.8. The summed E-state index contributed by atoms with van der Waals surface area (Å²) in [7, 11) is 0. The summed E-state index contributed by atoms with van der Waals surface area (Å²) >= 11 is 0. The SMILES string of the molecule is c1ccc(C2(c3ccccc3)c3ccccc3-c3c(-c4ccc(-c5ccc6c(c5)-c5cccc7cccc(c57)O6)cc4)cccc32)cc1. The first-order valence-corrected chi connectivity index (χ1v) is 16.6. The van der Waals surface area contributed by atoms with Crippen LogP contribution in [0.2, 0.25) is 0 Å². The van der Waals surface area contributed by atoms with E-state index in [1.165, 1.54) is 72.0 Å². The molecule has 0 atom stereocenters. The fourth-order valence-electron chi connectivity index (χ4n) is 8.32. The van der Waals surface area contributed by atoms with Gasteiger partial charge < -0.3 is 4.74 Å². The summed E-state index contributed by atoms with van der Waals surface area (Å²) in [4.78, 5) is 0. The van der Waals surface area contributed by atoms with E-state index in [-0.39, 0.29) is 0 Å². The first kappa shape index (κ1) is 27.0. The van der Waals surface area contributed by atoms with E-state index < -0.39 is 5.41 Å². The molecule has 0 aromatic heterocycles. The highest BCUT2D eigenvalue weighted by molar-refractivity contribution is 6.04. The van der Waals surface area contributed by atoms with Crippen LogP contribution in [-0.2, 0) is 5.41 Å². The van der Waals surface area contributed by atoms with E-state index in [0.29, 0.717) is 0 Å². The predicted octanol–water partition coefficient (Wildman–Crippen LogP) is 12.3. The molecule has 2 aliphatic rings. The monoisotopic (exact) mass is 610 g/mol. The maximum atomic E-state index is 6.37. The zero-order valence-corrected chi connectivity index (χ0v) is 26.2. The third-order valence-electron chi connectivity index (χ3n) is 10.4. The molecule has 0 spiro atoms. The molecule has 10 rings (SSSR count). The lowest BCUT2D eigenvalue weighted by Crippen LogP contribution is -2.28. The van der Waals surface area contributed by atoms with Gasteiger partial charge in [0, 0.05) is 10.9 Å². The molecule has 0 fully saturated rings. The van der Waals surface area contributed by atoms with Gasteiger partial charge in [0.2, 0.25) is 0 Å². The molecule has 0 amide bonds. The van der Waals surface area contributed by atoms with Crippen LogP contribution in [0, 0.1) is 0 Å². The Hall–Kier alpha value is -6.18. The van der Waals surface area contributed by atoms with Crippen LogP contribution in [0.15, 0.2) is 182 Å². The third-order valence-corrected chi connectivity index (χ3v) is 10.4. The fraction of sp³-hybridized carbons (Fsp3) is 0.0213. The Labute approximate surface area is 280 Å². The van der Waals surface area contributed by atoms with Gasteiger partial charge in [-0.05, 0) is 84.8 Å². The zero-order chi connectivity index (χ0) is 31.7. The fourth-order valence-corrected chi connectivity index (χ4v) is 8.32. The first-order valence-electron chi connectivity index (χ1n) is 16.6. The quantitative estimate of drug-likeness (QED) is 0.193. The predicted molar refractivity (Wildman–Crippen MR) is 198 cm³/mol. The molecule has 8 aromatic rings. The number of hydrogen-bond donors (Lipinski definition) is 0. The van der Waals surface area contributed by atoms with Gasteiger partial charge in [-0.2, -0.15) is 0 Å². The summed E-state index contributed by atoms with van der Waals surface area (Å²) in [5, 5.41) is 2.38. The smallest absolute Gasteiger partial charge is 0.135 e. The molecule has 0 N–H and O–H groups in total. The first-order chi connectivity index (χ1) is 23.8. The molecule has 0 bridgehead atoms. The average Bonchev–Trinajstić information content (AvgIpc) is 3.47. The van der Waals surface area contributed by atoms with Gasteiger partial charge in [-0.15, -0.1) is 0 Å². The minimum atomic E-state index is -0.406. The van der Waals surface area contributed by atoms with Crippen molar-refractivity contribution in [3.05, 3.63) is 204 Å². The molecule has 8 aromatic carbocycles. The zero-order valence-electron chi connectivity index (χ0n) is 26.2. The van der Waals surface area contributed by atoms with Gasteiger partial charge >= 0.3 is 0 Å². The third kappa shape index (κ3) is 3.79. The molecule has 1 nitrogen and oxygen atoms in total. The Kier molecular flexibility index (Phi) is 5.86. The van der Waals surface area contributed by atoms with E-state index in [1.807, 2.05) is 0 Å².